The van der Waals surface area contributed by atoms with Crippen LogP contribution in [-0.4, -0.2) is 18.5 Å². The van der Waals surface area contributed by atoms with Gasteiger partial charge in [0.05, 0.1) is 15.6 Å². The van der Waals surface area contributed by atoms with Crippen LogP contribution in [0.5, 0.6) is 0 Å². The molecular weight excluding hydrogens is 356 g/mol. The van der Waals surface area contributed by atoms with Gasteiger partial charge in [-0.15, -0.1) is 0 Å². The van der Waals surface area contributed by atoms with Gasteiger partial charge in [0.25, 0.3) is 5.91 Å². The van der Waals surface area contributed by atoms with E-state index < -0.39 is 24.3 Å². The van der Waals surface area contributed by atoms with Gasteiger partial charge in [0.15, 0.2) is 6.61 Å². The fraction of sp³-hybridized carbons (Fsp3) is 0.176. The Labute approximate surface area is 148 Å². The number of halogens is 3. The Balaban J connectivity index is 1.93. The molecule has 4 nitrogen and oxygen atoms in total. The van der Waals surface area contributed by atoms with Crippen LogP contribution in [0, 0.1) is 5.82 Å². The molecule has 2 aromatic rings. The van der Waals surface area contributed by atoms with E-state index in [9.17, 15) is 14.0 Å². The number of rotatable bonds is 5. The van der Waals surface area contributed by atoms with Gasteiger partial charge < -0.3 is 10.1 Å². The van der Waals surface area contributed by atoms with E-state index in [4.69, 9.17) is 27.9 Å². The summed E-state index contributed by atoms with van der Waals surface area (Å²) in [4.78, 5) is 23.7. The molecule has 7 heteroatoms. The van der Waals surface area contributed by atoms with Gasteiger partial charge in [0.2, 0.25) is 0 Å². The van der Waals surface area contributed by atoms with Crippen molar-refractivity contribution in [2.75, 3.05) is 11.9 Å². The first-order chi connectivity index (χ1) is 11.4. The first kappa shape index (κ1) is 18.2. The number of nitrogens with one attached hydrogen (secondary N) is 1. The number of hydrogen-bond acceptors (Lipinski definition) is 3. The zero-order valence-corrected chi connectivity index (χ0v) is 14.2. The highest BCUT2D eigenvalue weighted by atomic mass is 35.5. The lowest BCUT2D eigenvalue weighted by Gasteiger charge is -2.08. The van der Waals surface area contributed by atoms with Gasteiger partial charge in [-0.25, -0.2) is 9.18 Å². The first-order valence-corrected chi connectivity index (χ1v) is 7.86. The minimum atomic E-state index is -0.910. The highest BCUT2D eigenvalue weighted by Crippen LogP contribution is 2.24. The number of carbonyl (C=O) groups is 2. The molecule has 0 radical (unpaired) electrons. The van der Waals surface area contributed by atoms with E-state index in [1.807, 2.05) is 19.1 Å². The summed E-state index contributed by atoms with van der Waals surface area (Å²) >= 11 is 11.4. The van der Waals surface area contributed by atoms with E-state index in [0.29, 0.717) is 5.69 Å². The van der Waals surface area contributed by atoms with Gasteiger partial charge in [-0.1, -0.05) is 42.3 Å². The third kappa shape index (κ3) is 4.69. The smallest absolute Gasteiger partial charge is 0.340 e. The standard InChI is InChI=1S/C17H14Cl2FNO3/c1-2-10-3-5-11(6-4-10)21-16(22)9-24-17(23)12-7-15(20)14(19)8-13(12)18/h3-8H,2,9H2,1H3,(H,21,22). The average Bonchev–Trinajstić information content (AvgIpc) is 2.56. The molecule has 0 atom stereocenters. The van der Waals surface area contributed by atoms with E-state index in [1.54, 1.807) is 12.1 Å². The van der Waals surface area contributed by atoms with Crippen molar-refractivity contribution in [3.8, 4) is 0 Å². The lowest BCUT2D eigenvalue weighted by molar-refractivity contribution is -0.119. The molecule has 0 aliphatic rings. The summed E-state index contributed by atoms with van der Waals surface area (Å²) < 4.78 is 18.2. The summed E-state index contributed by atoms with van der Waals surface area (Å²) in [5.41, 5.74) is 1.53. The second-order valence-corrected chi connectivity index (χ2v) is 5.74. The molecule has 2 aromatic carbocycles. The highest BCUT2D eigenvalue weighted by Gasteiger charge is 2.17. The second kappa shape index (κ2) is 8.13. The van der Waals surface area contributed by atoms with Gasteiger partial charge in [0, 0.05) is 5.69 Å². The van der Waals surface area contributed by atoms with Crippen LogP contribution < -0.4 is 5.32 Å². The monoisotopic (exact) mass is 369 g/mol. The van der Waals surface area contributed by atoms with E-state index in [2.05, 4.69) is 5.32 Å². The summed E-state index contributed by atoms with van der Waals surface area (Å²) in [5, 5.41) is 2.33. The molecule has 0 saturated carbocycles. The number of ether oxygens (including phenoxy) is 1. The molecule has 24 heavy (non-hydrogen) atoms. The average molecular weight is 370 g/mol. The number of hydrogen-bond donors (Lipinski definition) is 1. The maximum Gasteiger partial charge on any atom is 0.340 e. The lowest BCUT2D eigenvalue weighted by Crippen LogP contribution is -2.21. The molecule has 0 saturated heterocycles. The highest BCUT2D eigenvalue weighted by molar-refractivity contribution is 6.36. The van der Waals surface area contributed by atoms with Crippen molar-refractivity contribution >= 4 is 40.8 Å². The minimum absolute atomic E-state index is 0.0537. The quantitative estimate of drug-likeness (QED) is 0.623. The molecule has 0 spiro atoms. The van der Waals surface area contributed by atoms with Gasteiger partial charge in [-0.2, -0.15) is 0 Å². The third-order valence-electron chi connectivity index (χ3n) is 3.21. The van der Waals surface area contributed by atoms with Crippen molar-refractivity contribution in [2.45, 2.75) is 13.3 Å². The van der Waals surface area contributed by atoms with Crippen molar-refractivity contribution < 1.29 is 18.7 Å². The summed E-state index contributed by atoms with van der Waals surface area (Å²) in [6, 6.07) is 9.25. The second-order valence-electron chi connectivity index (χ2n) is 4.92. The SMILES string of the molecule is CCc1ccc(NC(=O)COC(=O)c2cc(F)c(Cl)cc2Cl)cc1. The summed E-state index contributed by atoms with van der Waals surface area (Å²) in [6.07, 6.45) is 0.893. The molecule has 0 heterocycles. The maximum absolute atomic E-state index is 13.4. The number of esters is 1. The summed E-state index contributed by atoms with van der Waals surface area (Å²) in [5.74, 6) is -2.22. The van der Waals surface area contributed by atoms with Crippen LogP contribution in [-0.2, 0) is 16.0 Å². The van der Waals surface area contributed by atoms with Crippen LogP contribution in [0.3, 0.4) is 0 Å². The Bertz CT molecular complexity index is 763. The van der Waals surface area contributed by atoms with Crippen LogP contribution in [0.15, 0.2) is 36.4 Å². The van der Waals surface area contributed by atoms with Crippen LogP contribution in [0.25, 0.3) is 0 Å². The number of anilines is 1. The molecule has 1 amide bonds. The molecule has 0 fully saturated rings. The van der Waals surface area contributed by atoms with Crippen LogP contribution in [0.4, 0.5) is 10.1 Å². The van der Waals surface area contributed by atoms with E-state index in [-0.39, 0.29) is 15.6 Å². The Morgan fingerprint density at radius 1 is 1.12 bits per heavy atom. The van der Waals surface area contributed by atoms with E-state index in [0.717, 1.165) is 24.1 Å². The molecule has 0 unspecified atom stereocenters. The van der Waals surface area contributed by atoms with Gasteiger partial charge in [-0.3, -0.25) is 4.79 Å². The van der Waals surface area contributed by atoms with Gasteiger partial charge >= 0.3 is 5.97 Å². The van der Waals surface area contributed by atoms with Gasteiger partial charge in [-0.05, 0) is 36.2 Å². The largest absolute Gasteiger partial charge is 0.452 e. The number of aryl methyl sites for hydroxylation is 1. The fourth-order valence-corrected chi connectivity index (χ4v) is 2.37. The summed E-state index contributed by atoms with van der Waals surface area (Å²) in [7, 11) is 0. The first-order valence-electron chi connectivity index (χ1n) is 7.11. The molecule has 0 aliphatic heterocycles. The Hall–Kier alpha value is -2.11. The Morgan fingerprint density at radius 2 is 1.79 bits per heavy atom. The number of amides is 1. The van der Waals surface area contributed by atoms with Crippen molar-refractivity contribution in [3.63, 3.8) is 0 Å². The maximum atomic E-state index is 13.4. The number of benzene rings is 2. The van der Waals surface area contributed by atoms with E-state index in [1.165, 1.54) is 0 Å². The van der Waals surface area contributed by atoms with Crippen LogP contribution in [0.1, 0.15) is 22.8 Å². The summed E-state index contributed by atoms with van der Waals surface area (Å²) in [6.45, 7) is 1.51. The molecular formula is C17H14Cl2FNO3. The predicted octanol–water partition coefficient (Wildman–Crippen LogP) is 4.49. The predicted molar refractivity (Wildman–Crippen MR) is 91.2 cm³/mol. The van der Waals surface area contributed by atoms with Gasteiger partial charge in [0.1, 0.15) is 5.82 Å². The zero-order chi connectivity index (χ0) is 17.7. The molecule has 0 aromatic heterocycles. The zero-order valence-electron chi connectivity index (χ0n) is 12.7. The van der Waals surface area contributed by atoms with E-state index >= 15 is 0 Å². The molecule has 2 rings (SSSR count). The van der Waals surface area contributed by atoms with Crippen LogP contribution in [0.2, 0.25) is 10.0 Å². The van der Waals surface area contributed by atoms with Crippen LogP contribution >= 0.6 is 23.2 Å². The molecule has 0 aliphatic carbocycles. The van der Waals surface area contributed by atoms with Crippen molar-refractivity contribution in [1.82, 2.24) is 0 Å². The fourth-order valence-electron chi connectivity index (χ4n) is 1.91. The number of carbonyl (C=O) groups excluding carboxylic acids is 2. The van der Waals surface area contributed by atoms with Crippen molar-refractivity contribution in [1.29, 1.82) is 0 Å². The lowest BCUT2D eigenvalue weighted by atomic mass is 10.1. The normalized spacial score (nSPS) is 10.3. The van der Waals surface area contributed by atoms with Crippen molar-refractivity contribution in [2.24, 2.45) is 0 Å². The molecule has 126 valence electrons. The van der Waals surface area contributed by atoms with Crippen molar-refractivity contribution in [3.05, 3.63) is 63.4 Å². The third-order valence-corrected chi connectivity index (χ3v) is 3.81. The minimum Gasteiger partial charge on any atom is -0.452 e. The molecule has 1 N–H and O–H groups in total. The Kier molecular flexibility index (Phi) is 6.17. The molecule has 0 bridgehead atoms. The topological polar surface area (TPSA) is 55.4 Å². The Morgan fingerprint density at radius 3 is 2.42 bits per heavy atom.